The highest BCUT2D eigenvalue weighted by molar-refractivity contribution is 7.80. The van der Waals surface area contributed by atoms with Crippen LogP contribution in [0, 0.1) is 0 Å². The van der Waals surface area contributed by atoms with Crippen LogP contribution in [0.1, 0.15) is 5.69 Å². The second-order valence-corrected chi connectivity index (χ2v) is 3.02. The van der Waals surface area contributed by atoms with E-state index in [2.05, 4.69) is 15.1 Å². The first kappa shape index (κ1) is 8.76. The Kier molecular flexibility index (Phi) is 2.19. The number of nitrogens with zero attached hydrogens (tertiary/aromatic N) is 4. The molecule has 70 valence electrons. The predicted molar refractivity (Wildman–Crippen MR) is 55.0 cm³/mol. The van der Waals surface area contributed by atoms with Crippen molar-refractivity contribution in [1.82, 2.24) is 19.7 Å². The van der Waals surface area contributed by atoms with Gasteiger partial charge in [0.25, 0.3) is 0 Å². The fraction of sp³-hybridized carbons (Fsp3) is 0. The summed E-state index contributed by atoms with van der Waals surface area (Å²) >= 11 is 4.88. The van der Waals surface area contributed by atoms with E-state index in [4.69, 9.17) is 18.0 Å². The van der Waals surface area contributed by atoms with Crippen LogP contribution in [0.2, 0.25) is 0 Å². The van der Waals surface area contributed by atoms with Crippen LogP contribution in [-0.4, -0.2) is 24.7 Å². The molecule has 5 nitrogen and oxygen atoms in total. The van der Waals surface area contributed by atoms with E-state index in [0.29, 0.717) is 5.69 Å². The van der Waals surface area contributed by atoms with Gasteiger partial charge in [0.15, 0.2) is 0 Å². The zero-order valence-electron chi connectivity index (χ0n) is 7.16. The molecule has 0 aliphatic carbocycles. The average Bonchev–Trinajstić information content (AvgIpc) is 2.70. The van der Waals surface area contributed by atoms with Crippen molar-refractivity contribution in [3.05, 3.63) is 36.7 Å². The Balaban J connectivity index is 2.58. The maximum absolute atomic E-state index is 5.53. The van der Waals surface area contributed by atoms with Crippen molar-refractivity contribution < 1.29 is 0 Å². The van der Waals surface area contributed by atoms with Crippen LogP contribution >= 0.6 is 12.2 Å². The average molecular weight is 205 g/mol. The number of rotatable bonds is 2. The summed E-state index contributed by atoms with van der Waals surface area (Å²) in [6.45, 7) is 0. The molecule has 2 rings (SSSR count). The number of nitrogens with two attached hydrogens (primary N) is 1. The normalized spacial score (nSPS) is 10.0. The highest BCUT2D eigenvalue weighted by Crippen LogP contribution is 2.09. The standard InChI is InChI=1S/C8H7N5S/c9-8(14)7-6(2-1-3-11-7)13-5-10-4-12-13/h1-5H,(H2,9,14). The van der Waals surface area contributed by atoms with E-state index in [1.54, 1.807) is 23.3 Å². The van der Waals surface area contributed by atoms with Gasteiger partial charge in [-0.3, -0.25) is 4.98 Å². The molecule has 2 aromatic rings. The number of thiocarbonyl (C=S) groups is 1. The van der Waals surface area contributed by atoms with Gasteiger partial charge in [0.2, 0.25) is 0 Å². The molecule has 14 heavy (non-hydrogen) atoms. The Bertz CT molecular complexity index is 451. The molecule has 0 aliphatic heterocycles. The molecule has 0 aromatic carbocycles. The molecule has 2 aromatic heterocycles. The van der Waals surface area contributed by atoms with E-state index >= 15 is 0 Å². The van der Waals surface area contributed by atoms with Crippen LogP contribution in [0.5, 0.6) is 0 Å². The van der Waals surface area contributed by atoms with E-state index in [9.17, 15) is 0 Å². The van der Waals surface area contributed by atoms with Gasteiger partial charge in [-0.2, -0.15) is 5.10 Å². The molecule has 0 unspecified atom stereocenters. The van der Waals surface area contributed by atoms with Gasteiger partial charge < -0.3 is 5.73 Å². The monoisotopic (exact) mass is 205 g/mol. The van der Waals surface area contributed by atoms with E-state index < -0.39 is 0 Å². The summed E-state index contributed by atoms with van der Waals surface area (Å²) in [5, 5.41) is 3.98. The second kappa shape index (κ2) is 3.51. The molecule has 0 radical (unpaired) electrons. The van der Waals surface area contributed by atoms with Crippen LogP contribution in [0.25, 0.3) is 5.69 Å². The zero-order chi connectivity index (χ0) is 9.97. The largest absolute Gasteiger partial charge is 0.388 e. The van der Waals surface area contributed by atoms with Crippen molar-refractivity contribution in [3.8, 4) is 5.69 Å². The summed E-state index contributed by atoms with van der Waals surface area (Å²) in [7, 11) is 0. The van der Waals surface area contributed by atoms with E-state index in [0.717, 1.165) is 5.69 Å². The van der Waals surface area contributed by atoms with Crippen LogP contribution < -0.4 is 5.73 Å². The minimum atomic E-state index is 0.246. The molecule has 0 bridgehead atoms. The van der Waals surface area contributed by atoms with E-state index in [-0.39, 0.29) is 4.99 Å². The topological polar surface area (TPSA) is 69.6 Å². The van der Waals surface area contributed by atoms with Gasteiger partial charge in [-0.15, -0.1) is 0 Å². The minimum absolute atomic E-state index is 0.246. The Morgan fingerprint density at radius 2 is 2.36 bits per heavy atom. The summed E-state index contributed by atoms with van der Waals surface area (Å²) in [6.07, 6.45) is 4.64. The van der Waals surface area contributed by atoms with Gasteiger partial charge in [-0.05, 0) is 12.1 Å². The third-order valence-electron chi connectivity index (χ3n) is 1.69. The number of hydrogen-bond donors (Lipinski definition) is 1. The first-order valence-corrected chi connectivity index (χ1v) is 4.29. The van der Waals surface area contributed by atoms with Gasteiger partial charge in [-0.1, -0.05) is 12.2 Å². The fourth-order valence-corrected chi connectivity index (χ4v) is 1.26. The highest BCUT2D eigenvalue weighted by Gasteiger charge is 2.07. The molecular weight excluding hydrogens is 198 g/mol. The lowest BCUT2D eigenvalue weighted by atomic mass is 10.3. The summed E-state index contributed by atoms with van der Waals surface area (Å²) < 4.78 is 1.57. The fourth-order valence-electron chi connectivity index (χ4n) is 1.10. The molecule has 6 heteroatoms. The molecule has 0 saturated carbocycles. The SMILES string of the molecule is NC(=S)c1ncccc1-n1cncn1. The molecule has 0 saturated heterocycles. The number of hydrogen-bond acceptors (Lipinski definition) is 4. The predicted octanol–water partition coefficient (Wildman–Crippen LogP) is 0.297. The van der Waals surface area contributed by atoms with Crippen molar-refractivity contribution in [2.75, 3.05) is 0 Å². The third-order valence-corrected chi connectivity index (χ3v) is 1.88. The lowest BCUT2D eigenvalue weighted by Crippen LogP contribution is -2.15. The van der Waals surface area contributed by atoms with Crippen molar-refractivity contribution in [2.45, 2.75) is 0 Å². The Labute approximate surface area is 85.6 Å². The summed E-state index contributed by atoms with van der Waals surface area (Å²) in [6, 6.07) is 3.62. The van der Waals surface area contributed by atoms with E-state index in [1.165, 1.54) is 6.33 Å². The molecule has 0 amide bonds. The maximum atomic E-state index is 5.53. The molecule has 2 N–H and O–H groups in total. The van der Waals surface area contributed by atoms with Crippen LogP contribution in [0.15, 0.2) is 31.0 Å². The summed E-state index contributed by atoms with van der Waals surface area (Å²) in [4.78, 5) is 8.16. The van der Waals surface area contributed by atoms with Crippen molar-refractivity contribution in [2.24, 2.45) is 5.73 Å². The smallest absolute Gasteiger partial charge is 0.138 e. The third kappa shape index (κ3) is 1.47. The second-order valence-electron chi connectivity index (χ2n) is 2.58. The van der Waals surface area contributed by atoms with E-state index in [1.807, 2.05) is 6.07 Å². The Morgan fingerprint density at radius 1 is 1.50 bits per heavy atom. The lowest BCUT2D eigenvalue weighted by molar-refractivity contribution is 0.869. The van der Waals surface area contributed by atoms with Gasteiger partial charge in [0, 0.05) is 6.20 Å². The van der Waals surface area contributed by atoms with Crippen LogP contribution in [0.3, 0.4) is 0 Å². The summed E-state index contributed by atoms with van der Waals surface area (Å²) in [5.41, 5.74) is 6.81. The molecular formula is C8H7N5S. The molecule has 0 atom stereocenters. The zero-order valence-corrected chi connectivity index (χ0v) is 7.98. The van der Waals surface area contributed by atoms with Crippen molar-refractivity contribution in [3.63, 3.8) is 0 Å². The summed E-state index contributed by atoms with van der Waals surface area (Å²) in [5.74, 6) is 0. The van der Waals surface area contributed by atoms with Crippen molar-refractivity contribution in [1.29, 1.82) is 0 Å². The highest BCUT2D eigenvalue weighted by atomic mass is 32.1. The maximum Gasteiger partial charge on any atom is 0.138 e. The minimum Gasteiger partial charge on any atom is -0.388 e. The Morgan fingerprint density at radius 3 is 3.00 bits per heavy atom. The molecule has 0 aliphatic rings. The van der Waals surface area contributed by atoms with Crippen molar-refractivity contribution >= 4 is 17.2 Å². The quantitative estimate of drug-likeness (QED) is 0.714. The van der Waals surface area contributed by atoms with Gasteiger partial charge in [0.1, 0.15) is 23.3 Å². The number of pyridine rings is 1. The molecule has 0 fully saturated rings. The first-order chi connectivity index (χ1) is 6.79. The number of aromatic nitrogens is 4. The van der Waals surface area contributed by atoms with Gasteiger partial charge in [-0.25, -0.2) is 9.67 Å². The first-order valence-electron chi connectivity index (χ1n) is 3.89. The van der Waals surface area contributed by atoms with Gasteiger partial charge in [0.05, 0.1) is 5.69 Å². The Hall–Kier alpha value is -1.82. The molecule has 0 spiro atoms. The molecule has 2 heterocycles. The van der Waals surface area contributed by atoms with Crippen LogP contribution in [-0.2, 0) is 0 Å². The lowest BCUT2D eigenvalue weighted by Gasteiger charge is -2.04. The van der Waals surface area contributed by atoms with Gasteiger partial charge >= 0.3 is 0 Å². The van der Waals surface area contributed by atoms with Crippen LogP contribution in [0.4, 0.5) is 0 Å².